The predicted octanol–water partition coefficient (Wildman–Crippen LogP) is 4.62. The third-order valence-corrected chi connectivity index (χ3v) is 3.10. The van der Waals surface area contributed by atoms with Crippen molar-refractivity contribution in [2.45, 2.75) is 6.54 Å². The van der Waals surface area contributed by atoms with Gasteiger partial charge in [-0.15, -0.1) is 0 Å². The van der Waals surface area contributed by atoms with E-state index in [4.69, 9.17) is 0 Å². The van der Waals surface area contributed by atoms with Crippen LogP contribution in [-0.2, 0) is 6.54 Å². The fourth-order valence-electron chi connectivity index (χ4n) is 1.52. The molecule has 2 rings (SSSR count). The van der Waals surface area contributed by atoms with Crippen LogP contribution in [0, 0.1) is 23.3 Å². The Morgan fingerprint density at radius 2 is 1.53 bits per heavy atom. The molecular formula is C13H8BrF4N. The summed E-state index contributed by atoms with van der Waals surface area (Å²) in [5, 5.41) is 2.79. The van der Waals surface area contributed by atoms with E-state index in [0.29, 0.717) is 10.2 Å². The standard InChI is InChI=1S/C13H8BrF4N/c14-9-2-1-8(5-10(9)15)19-6-7-3-11(16)13(18)12(17)4-7/h1-5,19H,6H2. The van der Waals surface area contributed by atoms with Crippen molar-refractivity contribution in [3.05, 3.63) is 63.6 Å². The van der Waals surface area contributed by atoms with Crippen molar-refractivity contribution in [3.63, 3.8) is 0 Å². The second kappa shape index (κ2) is 5.61. The van der Waals surface area contributed by atoms with Crippen molar-refractivity contribution < 1.29 is 17.6 Å². The van der Waals surface area contributed by atoms with Gasteiger partial charge in [0.1, 0.15) is 5.82 Å². The predicted molar refractivity (Wildman–Crippen MR) is 67.7 cm³/mol. The first-order valence-corrected chi connectivity index (χ1v) is 6.09. The summed E-state index contributed by atoms with van der Waals surface area (Å²) in [4.78, 5) is 0. The van der Waals surface area contributed by atoms with Gasteiger partial charge in [-0.05, 0) is 51.8 Å². The van der Waals surface area contributed by atoms with E-state index >= 15 is 0 Å². The highest BCUT2D eigenvalue weighted by molar-refractivity contribution is 9.10. The lowest BCUT2D eigenvalue weighted by Gasteiger charge is -2.08. The molecule has 0 atom stereocenters. The molecule has 0 spiro atoms. The number of rotatable bonds is 3. The molecule has 0 fully saturated rings. The average Bonchev–Trinajstić information content (AvgIpc) is 2.37. The van der Waals surface area contributed by atoms with Gasteiger partial charge in [0, 0.05) is 12.2 Å². The van der Waals surface area contributed by atoms with E-state index in [1.54, 1.807) is 6.07 Å². The molecule has 0 saturated heterocycles. The molecule has 0 aliphatic heterocycles. The summed E-state index contributed by atoms with van der Waals surface area (Å²) in [6.07, 6.45) is 0. The lowest BCUT2D eigenvalue weighted by atomic mass is 10.2. The van der Waals surface area contributed by atoms with Gasteiger partial charge in [0.15, 0.2) is 17.5 Å². The van der Waals surface area contributed by atoms with E-state index in [2.05, 4.69) is 21.2 Å². The van der Waals surface area contributed by atoms with Gasteiger partial charge in [-0.3, -0.25) is 0 Å². The van der Waals surface area contributed by atoms with Gasteiger partial charge >= 0.3 is 0 Å². The summed E-state index contributed by atoms with van der Waals surface area (Å²) >= 11 is 3.01. The molecule has 6 heteroatoms. The number of anilines is 1. The maximum absolute atomic E-state index is 13.2. The van der Waals surface area contributed by atoms with Crippen LogP contribution in [0.3, 0.4) is 0 Å². The van der Waals surface area contributed by atoms with Crippen LogP contribution in [0.1, 0.15) is 5.56 Å². The number of nitrogens with one attached hydrogen (secondary N) is 1. The van der Waals surface area contributed by atoms with Crippen molar-refractivity contribution in [1.29, 1.82) is 0 Å². The Bertz CT molecular complexity index is 593. The van der Waals surface area contributed by atoms with E-state index < -0.39 is 23.3 Å². The zero-order valence-corrected chi connectivity index (χ0v) is 11.1. The molecule has 0 radical (unpaired) electrons. The number of hydrogen-bond donors (Lipinski definition) is 1. The molecular weight excluding hydrogens is 326 g/mol. The van der Waals surface area contributed by atoms with Crippen LogP contribution in [0.2, 0.25) is 0 Å². The van der Waals surface area contributed by atoms with Crippen LogP contribution in [0.15, 0.2) is 34.8 Å². The zero-order valence-electron chi connectivity index (χ0n) is 9.48. The normalized spacial score (nSPS) is 10.6. The highest BCUT2D eigenvalue weighted by atomic mass is 79.9. The van der Waals surface area contributed by atoms with Gasteiger partial charge in [-0.1, -0.05) is 0 Å². The Labute approximate surface area is 115 Å². The molecule has 1 nitrogen and oxygen atoms in total. The van der Waals surface area contributed by atoms with Crippen LogP contribution in [-0.4, -0.2) is 0 Å². The van der Waals surface area contributed by atoms with Crippen LogP contribution in [0.5, 0.6) is 0 Å². The van der Waals surface area contributed by atoms with E-state index in [1.165, 1.54) is 12.1 Å². The van der Waals surface area contributed by atoms with Crippen molar-refractivity contribution in [2.24, 2.45) is 0 Å². The Morgan fingerprint density at radius 1 is 0.895 bits per heavy atom. The largest absolute Gasteiger partial charge is 0.381 e. The summed E-state index contributed by atoms with van der Waals surface area (Å²) in [7, 11) is 0. The highest BCUT2D eigenvalue weighted by Gasteiger charge is 2.10. The molecule has 2 aromatic carbocycles. The number of halogens is 5. The first-order chi connectivity index (χ1) is 8.97. The third-order valence-electron chi connectivity index (χ3n) is 2.46. The summed E-state index contributed by atoms with van der Waals surface area (Å²) in [5.74, 6) is -4.46. The summed E-state index contributed by atoms with van der Waals surface area (Å²) in [6.45, 7) is 0.0508. The Hall–Kier alpha value is -1.56. The molecule has 0 bridgehead atoms. The van der Waals surface area contributed by atoms with Gasteiger partial charge < -0.3 is 5.32 Å². The topological polar surface area (TPSA) is 12.0 Å². The fourth-order valence-corrected chi connectivity index (χ4v) is 1.77. The Balaban J connectivity index is 2.12. The van der Waals surface area contributed by atoms with Crippen molar-refractivity contribution in [2.75, 3.05) is 5.32 Å². The first-order valence-electron chi connectivity index (χ1n) is 5.29. The SMILES string of the molecule is Fc1cc(NCc2cc(F)c(F)c(F)c2)ccc1Br. The third kappa shape index (κ3) is 3.26. The molecule has 100 valence electrons. The highest BCUT2D eigenvalue weighted by Crippen LogP contribution is 2.20. The number of hydrogen-bond acceptors (Lipinski definition) is 1. The fraction of sp³-hybridized carbons (Fsp3) is 0.0769. The molecule has 0 aliphatic carbocycles. The second-order valence-electron chi connectivity index (χ2n) is 3.86. The molecule has 0 saturated carbocycles. The van der Waals surface area contributed by atoms with Crippen molar-refractivity contribution >= 4 is 21.6 Å². The summed E-state index contributed by atoms with van der Waals surface area (Å²) in [6, 6.07) is 6.12. The maximum Gasteiger partial charge on any atom is 0.194 e. The molecule has 0 aromatic heterocycles. The zero-order chi connectivity index (χ0) is 14.0. The lowest BCUT2D eigenvalue weighted by Crippen LogP contribution is -2.02. The minimum atomic E-state index is -1.50. The minimum Gasteiger partial charge on any atom is -0.381 e. The molecule has 19 heavy (non-hydrogen) atoms. The molecule has 0 heterocycles. The Kier molecular flexibility index (Phi) is 4.09. The molecule has 0 unspecified atom stereocenters. The van der Waals surface area contributed by atoms with Gasteiger partial charge in [0.05, 0.1) is 4.47 Å². The van der Waals surface area contributed by atoms with Crippen molar-refractivity contribution in [3.8, 4) is 0 Å². The van der Waals surface area contributed by atoms with Crippen LogP contribution >= 0.6 is 15.9 Å². The van der Waals surface area contributed by atoms with Crippen LogP contribution in [0.4, 0.5) is 23.2 Å². The average molecular weight is 334 g/mol. The first kappa shape index (κ1) is 13.9. The molecule has 0 aliphatic rings. The maximum atomic E-state index is 13.2. The van der Waals surface area contributed by atoms with Crippen molar-refractivity contribution in [1.82, 2.24) is 0 Å². The second-order valence-corrected chi connectivity index (χ2v) is 4.71. The van der Waals surface area contributed by atoms with Crippen LogP contribution < -0.4 is 5.32 Å². The summed E-state index contributed by atoms with van der Waals surface area (Å²) in [5.41, 5.74) is 0.672. The quantitative estimate of drug-likeness (QED) is 0.638. The molecule has 2 aromatic rings. The van der Waals surface area contributed by atoms with E-state index in [1.807, 2.05) is 0 Å². The van der Waals surface area contributed by atoms with Crippen LogP contribution in [0.25, 0.3) is 0 Å². The van der Waals surface area contributed by atoms with Gasteiger partial charge in [0.2, 0.25) is 0 Å². The molecule has 0 amide bonds. The van der Waals surface area contributed by atoms with E-state index in [0.717, 1.165) is 12.1 Å². The van der Waals surface area contributed by atoms with E-state index in [-0.39, 0.29) is 12.1 Å². The smallest absolute Gasteiger partial charge is 0.194 e. The lowest BCUT2D eigenvalue weighted by molar-refractivity contribution is 0.445. The van der Waals surface area contributed by atoms with Gasteiger partial charge in [-0.2, -0.15) is 0 Å². The minimum absolute atomic E-state index is 0.0508. The van der Waals surface area contributed by atoms with Gasteiger partial charge in [0.25, 0.3) is 0 Å². The molecule has 1 N–H and O–H groups in total. The monoisotopic (exact) mass is 333 g/mol. The number of benzene rings is 2. The van der Waals surface area contributed by atoms with Gasteiger partial charge in [-0.25, -0.2) is 17.6 Å². The van der Waals surface area contributed by atoms with E-state index in [9.17, 15) is 17.6 Å². The Morgan fingerprint density at radius 3 is 2.11 bits per heavy atom. The summed E-state index contributed by atoms with van der Waals surface area (Å²) < 4.78 is 52.2.